The highest BCUT2D eigenvalue weighted by atomic mass is 79.9. The van der Waals surface area contributed by atoms with E-state index in [4.69, 9.17) is 0 Å². The number of rotatable bonds is 8. The van der Waals surface area contributed by atoms with Crippen LogP contribution in [-0.2, 0) is 10.0 Å². The third-order valence-electron chi connectivity index (χ3n) is 2.31. The number of sulfonamides is 1. The monoisotopic (exact) mass is 299 g/mol. The second-order valence-electron chi connectivity index (χ2n) is 4.60. The maximum absolute atomic E-state index is 11.5. The van der Waals surface area contributed by atoms with Crippen LogP contribution in [0.25, 0.3) is 0 Å². The van der Waals surface area contributed by atoms with E-state index in [9.17, 15) is 8.42 Å². The molecule has 15 heavy (non-hydrogen) atoms. The molecule has 0 aromatic carbocycles. The Kier molecular flexibility index (Phi) is 7.04. The molecule has 0 aliphatic heterocycles. The normalized spacial score (nSPS) is 13.1. The zero-order valence-electron chi connectivity index (χ0n) is 9.85. The lowest BCUT2D eigenvalue weighted by Gasteiger charge is -2.23. The van der Waals surface area contributed by atoms with Crippen LogP contribution in [0.1, 0.15) is 40.0 Å². The van der Waals surface area contributed by atoms with Crippen LogP contribution in [0.4, 0.5) is 0 Å². The van der Waals surface area contributed by atoms with E-state index in [1.165, 1.54) is 0 Å². The van der Waals surface area contributed by atoms with Crippen molar-refractivity contribution in [1.82, 2.24) is 4.72 Å². The quantitative estimate of drug-likeness (QED) is 0.700. The van der Waals surface area contributed by atoms with Crippen LogP contribution in [0.2, 0.25) is 0 Å². The lowest BCUT2D eigenvalue weighted by molar-refractivity contribution is 0.354. The predicted molar refractivity (Wildman–Crippen MR) is 68.9 cm³/mol. The van der Waals surface area contributed by atoms with E-state index in [1.807, 2.05) is 6.92 Å². The lowest BCUT2D eigenvalue weighted by atomic mass is 9.91. The number of unbranched alkanes of at least 4 members (excludes halogenated alkanes) is 1. The fourth-order valence-corrected chi connectivity index (χ4v) is 3.55. The first-order valence-corrected chi connectivity index (χ1v) is 8.13. The molecule has 0 aliphatic rings. The van der Waals surface area contributed by atoms with Gasteiger partial charge in [-0.1, -0.05) is 43.1 Å². The van der Waals surface area contributed by atoms with Crippen LogP contribution >= 0.6 is 15.9 Å². The molecule has 1 N–H and O–H groups in total. The van der Waals surface area contributed by atoms with Gasteiger partial charge in [0, 0.05) is 11.9 Å². The van der Waals surface area contributed by atoms with Crippen LogP contribution in [0.15, 0.2) is 0 Å². The Morgan fingerprint density at radius 1 is 1.33 bits per heavy atom. The first kappa shape index (κ1) is 15.4. The molecule has 0 fully saturated rings. The van der Waals surface area contributed by atoms with Crippen molar-refractivity contribution in [2.45, 2.75) is 40.0 Å². The first-order chi connectivity index (χ1) is 6.83. The van der Waals surface area contributed by atoms with E-state index < -0.39 is 10.0 Å². The summed E-state index contributed by atoms with van der Waals surface area (Å²) in [5, 5.41) is 0.899. The lowest BCUT2D eigenvalue weighted by Crippen LogP contribution is -2.35. The van der Waals surface area contributed by atoms with Gasteiger partial charge in [0.05, 0.1) is 5.75 Å². The van der Waals surface area contributed by atoms with Crippen molar-refractivity contribution in [2.24, 2.45) is 5.41 Å². The molecule has 0 heterocycles. The number of nitrogens with one attached hydrogen (secondary N) is 1. The summed E-state index contributed by atoms with van der Waals surface area (Å²) in [6.07, 6.45) is 2.60. The molecule has 0 spiro atoms. The van der Waals surface area contributed by atoms with E-state index in [1.54, 1.807) is 0 Å². The van der Waals surface area contributed by atoms with Crippen molar-refractivity contribution in [3.63, 3.8) is 0 Å². The van der Waals surface area contributed by atoms with Gasteiger partial charge in [0.1, 0.15) is 0 Å². The van der Waals surface area contributed by atoms with Crippen LogP contribution in [0, 0.1) is 5.41 Å². The van der Waals surface area contributed by atoms with Crippen LogP contribution in [-0.4, -0.2) is 26.0 Å². The molecule has 0 amide bonds. The number of hydrogen-bond acceptors (Lipinski definition) is 2. The Hall–Kier alpha value is 0.390. The van der Waals surface area contributed by atoms with Crippen LogP contribution in [0.3, 0.4) is 0 Å². The molecule has 92 valence electrons. The third-order valence-corrected chi connectivity index (χ3v) is 4.12. The number of halogens is 1. The van der Waals surface area contributed by atoms with Crippen molar-refractivity contribution in [3.05, 3.63) is 0 Å². The second-order valence-corrected chi connectivity index (χ2v) is 7.32. The van der Waals surface area contributed by atoms with Gasteiger partial charge in [-0.25, -0.2) is 13.1 Å². The fraction of sp³-hybridized carbons (Fsp3) is 1.00. The molecule has 0 bridgehead atoms. The van der Waals surface area contributed by atoms with Crippen molar-refractivity contribution < 1.29 is 8.42 Å². The molecule has 0 saturated carbocycles. The van der Waals surface area contributed by atoms with Gasteiger partial charge in [-0.2, -0.15) is 0 Å². The molecule has 0 radical (unpaired) electrons. The topological polar surface area (TPSA) is 46.2 Å². The summed E-state index contributed by atoms with van der Waals surface area (Å²) in [6.45, 7) is 6.64. The Bertz CT molecular complexity index is 263. The largest absolute Gasteiger partial charge is 0.215 e. The average molecular weight is 300 g/mol. The van der Waals surface area contributed by atoms with Gasteiger partial charge in [0.2, 0.25) is 10.0 Å². The van der Waals surface area contributed by atoms with Gasteiger partial charge in [-0.3, -0.25) is 0 Å². The third kappa shape index (κ3) is 8.22. The number of alkyl halides is 1. The summed E-state index contributed by atoms with van der Waals surface area (Å²) in [5.41, 5.74) is 0.0167. The molecule has 0 atom stereocenters. The molecule has 3 nitrogen and oxygen atoms in total. The summed E-state index contributed by atoms with van der Waals surface area (Å²) in [7, 11) is -3.06. The molecule has 0 saturated heterocycles. The van der Waals surface area contributed by atoms with Crippen molar-refractivity contribution in [3.8, 4) is 0 Å². The molecule has 0 aromatic heterocycles. The summed E-state index contributed by atoms with van der Waals surface area (Å²) >= 11 is 3.37. The molecule has 5 heteroatoms. The molecule has 0 aliphatic carbocycles. The molecule has 0 aromatic rings. The summed E-state index contributed by atoms with van der Waals surface area (Å²) in [4.78, 5) is 0. The van der Waals surface area contributed by atoms with Crippen molar-refractivity contribution >= 4 is 26.0 Å². The van der Waals surface area contributed by atoms with Gasteiger partial charge in [-0.15, -0.1) is 0 Å². The van der Waals surface area contributed by atoms with E-state index in [2.05, 4.69) is 34.5 Å². The minimum Gasteiger partial charge on any atom is -0.215 e. The summed E-state index contributed by atoms with van der Waals surface area (Å²) in [5.74, 6) is 0.244. The molecular weight excluding hydrogens is 278 g/mol. The van der Waals surface area contributed by atoms with Crippen LogP contribution < -0.4 is 4.72 Å². The second kappa shape index (κ2) is 6.86. The maximum atomic E-state index is 11.5. The summed E-state index contributed by atoms with van der Waals surface area (Å²) in [6, 6.07) is 0. The predicted octanol–water partition coefficient (Wildman–Crippen LogP) is 2.52. The summed E-state index contributed by atoms with van der Waals surface area (Å²) < 4.78 is 25.7. The molecule has 0 unspecified atom stereocenters. The zero-order chi connectivity index (χ0) is 11.9. The van der Waals surface area contributed by atoms with Crippen molar-refractivity contribution in [1.29, 1.82) is 0 Å². The first-order valence-electron chi connectivity index (χ1n) is 5.36. The fourth-order valence-electron chi connectivity index (χ4n) is 1.06. The average Bonchev–Trinajstić information content (AvgIpc) is 2.12. The standard InChI is InChI=1S/C10H22BrNO2S/c1-4-5-8-15(13,14)12-9-10(2,3)6-7-11/h12H,4-9H2,1-3H3. The van der Waals surface area contributed by atoms with Gasteiger partial charge < -0.3 is 0 Å². The molecular formula is C10H22BrNO2S. The van der Waals surface area contributed by atoms with Gasteiger partial charge in [-0.05, 0) is 18.3 Å². The maximum Gasteiger partial charge on any atom is 0.211 e. The Balaban J connectivity index is 4.02. The molecule has 0 rings (SSSR count). The highest BCUT2D eigenvalue weighted by Gasteiger charge is 2.20. The van der Waals surface area contributed by atoms with E-state index >= 15 is 0 Å². The number of hydrogen-bond donors (Lipinski definition) is 1. The van der Waals surface area contributed by atoms with Crippen molar-refractivity contribution in [2.75, 3.05) is 17.6 Å². The smallest absolute Gasteiger partial charge is 0.211 e. The Morgan fingerprint density at radius 2 is 1.93 bits per heavy atom. The minimum atomic E-state index is -3.06. The van der Waals surface area contributed by atoms with E-state index in [0.717, 1.165) is 24.6 Å². The SMILES string of the molecule is CCCCS(=O)(=O)NCC(C)(C)CCBr. The highest BCUT2D eigenvalue weighted by Crippen LogP contribution is 2.20. The minimum absolute atomic E-state index is 0.0167. The van der Waals surface area contributed by atoms with Gasteiger partial charge >= 0.3 is 0 Å². The van der Waals surface area contributed by atoms with Crippen LogP contribution in [0.5, 0.6) is 0 Å². The van der Waals surface area contributed by atoms with E-state index in [-0.39, 0.29) is 11.2 Å². The van der Waals surface area contributed by atoms with E-state index in [0.29, 0.717) is 6.54 Å². The zero-order valence-corrected chi connectivity index (χ0v) is 12.2. The highest BCUT2D eigenvalue weighted by molar-refractivity contribution is 9.09. The van der Waals surface area contributed by atoms with Gasteiger partial charge in [0.25, 0.3) is 0 Å². The Labute approximate surface area is 102 Å². The van der Waals surface area contributed by atoms with Gasteiger partial charge in [0.15, 0.2) is 0 Å². The Morgan fingerprint density at radius 3 is 2.40 bits per heavy atom.